The van der Waals surface area contributed by atoms with E-state index in [4.69, 9.17) is 21.4 Å². The minimum atomic E-state index is -1.04. The van der Waals surface area contributed by atoms with Crippen molar-refractivity contribution >= 4 is 23.4 Å². The summed E-state index contributed by atoms with van der Waals surface area (Å²) in [4.78, 5) is 17.1. The molecule has 1 aliphatic heterocycles. The zero-order valence-electron chi connectivity index (χ0n) is 9.23. The molecular weight excluding hydrogens is 244 g/mol. The normalized spacial score (nSPS) is 16.6. The zero-order chi connectivity index (χ0) is 12.3. The largest absolute Gasteiger partial charge is 0.478 e. The molecule has 6 heteroatoms. The minimum Gasteiger partial charge on any atom is -0.478 e. The molecule has 1 fully saturated rings. The average Bonchev–Trinajstić information content (AvgIpc) is 2.58. The predicted octanol–water partition coefficient (Wildman–Crippen LogP) is 1.66. The average molecular weight is 257 g/mol. The molecule has 92 valence electrons. The van der Waals surface area contributed by atoms with Gasteiger partial charge in [0.2, 0.25) is 0 Å². The summed E-state index contributed by atoms with van der Waals surface area (Å²) >= 11 is 5.78. The molecule has 0 bridgehead atoms. The molecule has 0 atom stereocenters. The van der Waals surface area contributed by atoms with Crippen molar-refractivity contribution in [1.29, 1.82) is 0 Å². The Morgan fingerprint density at radius 1 is 1.47 bits per heavy atom. The number of aromatic carboxylic acids is 1. The first-order valence-corrected chi connectivity index (χ1v) is 5.78. The minimum absolute atomic E-state index is 0.0850. The number of aromatic nitrogens is 1. The molecule has 0 saturated carbocycles. The summed E-state index contributed by atoms with van der Waals surface area (Å²) in [5.41, 5.74) is 0.0850. The second kappa shape index (κ2) is 5.33. The molecule has 0 aliphatic carbocycles. The van der Waals surface area contributed by atoms with Gasteiger partial charge in [0.1, 0.15) is 5.82 Å². The lowest BCUT2D eigenvalue weighted by atomic mass is 10.2. The van der Waals surface area contributed by atoms with E-state index in [2.05, 4.69) is 4.98 Å². The first-order chi connectivity index (χ1) is 8.18. The maximum Gasteiger partial charge on any atom is 0.337 e. The summed E-state index contributed by atoms with van der Waals surface area (Å²) in [5, 5.41) is 9.15. The molecule has 2 heterocycles. The van der Waals surface area contributed by atoms with Gasteiger partial charge in [0.05, 0.1) is 17.2 Å². The Kier molecular flexibility index (Phi) is 3.81. The van der Waals surface area contributed by atoms with Crippen LogP contribution in [0.5, 0.6) is 0 Å². The third-order valence-corrected chi connectivity index (χ3v) is 2.92. The first-order valence-electron chi connectivity index (χ1n) is 5.40. The number of carboxylic acid groups (broad SMARTS) is 1. The molecule has 1 N–H and O–H groups in total. The highest BCUT2D eigenvalue weighted by Crippen LogP contribution is 2.21. The Balaban J connectivity index is 2.25. The van der Waals surface area contributed by atoms with Gasteiger partial charge in [0, 0.05) is 25.9 Å². The van der Waals surface area contributed by atoms with Crippen molar-refractivity contribution in [1.82, 2.24) is 4.98 Å². The molecule has 1 aliphatic rings. The fourth-order valence-corrected chi connectivity index (χ4v) is 1.92. The topological polar surface area (TPSA) is 62.7 Å². The molecule has 1 saturated heterocycles. The lowest BCUT2D eigenvalue weighted by Gasteiger charge is -2.20. The number of halogens is 1. The number of nitrogens with zero attached hydrogens (tertiary/aromatic N) is 2. The van der Waals surface area contributed by atoms with Crippen LogP contribution in [0, 0.1) is 0 Å². The predicted molar refractivity (Wildman–Crippen MR) is 63.9 cm³/mol. The lowest BCUT2D eigenvalue weighted by Crippen LogP contribution is -2.27. The third-order valence-electron chi connectivity index (χ3n) is 2.62. The van der Waals surface area contributed by atoms with E-state index in [1.165, 1.54) is 12.3 Å². The highest BCUT2D eigenvalue weighted by Gasteiger charge is 2.15. The Bertz CT molecular complexity index is 417. The Labute approximate surface area is 104 Å². The molecule has 1 aromatic rings. The molecule has 0 spiro atoms. The standard InChI is InChI=1S/C11H13ClN2O3/c12-9-7-13-10(6-8(9)11(15)16)14-2-1-4-17-5-3-14/h6-7H,1-5H2,(H,15,16). The van der Waals surface area contributed by atoms with Gasteiger partial charge in [-0.25, -0.2) is 9.78 Å². The van der Waals surface area contributed by atoms with Crippen LogP contribution in [0.25, 0.3) is 0 Å². The number of pyridine rings is 1. The Morgan fingerprint density at radius 3 is 3.06 bits per heavy atom. The van der Waals surface area contributed by atoms with Crippen LogP contribution in [-0.4, -0.2) is 42.4 Å². The second-order valence-corrected chi connectivity index (χ2v) is 4.19. The monoisotopic (exact) mass is 256 g/mol. The van der Waals surface area contributed by atoms with Crippen LogP contribution in [0.2, 0.25) is 5.02 Å². The number of carbonyl (C=O) groups is 1. The Hall–Kier alpha value is -1.33. The number of rotatable bonds is 2. The summed E-state index contributed by atoms with van der Waals surface area (Å²) < 4.78 is 5.34. The van der Waals surface area contributed by atoms with E-state index in [1.54, 1.807) is 0 Å². The molecule has 1 aromatic heterocycles. The number of ether oxygens (including phenoxy) is 1. The second-order valence-electron chi connectivity index (χ2n) is 3.78. The van der Waals surface area contributed by atoms with Crippen LogP contribution in [0.4, 0.5) is 5.82 Å². The van der Waals surface area contributed by atoms with Crippen molar-refractivity contribution in [2.24, 2.45) is 0 Å². The van der Waals surface area contributed by atoms with E-state index >= 15 is 0 Å². The van der Waals surface area contributed by atoms with Gasteiger partial charge in [-0.1, -0.05) is 11.6 Å². The van der Waals surface area contributed by atoms with Crippen LogP contribution in [-0.2, 0) is 4.74 Å². The quantitative estimate of drug-likeness (QED) is 0.872. The highest BCUT2D eigenvalue weighted by atomic mass is 35.5. The van der Waals surface area contributed by atoms with Crippen molar-refractivity contribution in [2.45, 2.75) is 6.42 Å². The fraction of sp³-hybridized carbons (Fsp3) is 0.455. The first kappa shape index (κ1) is 12.1. The number of hydrogen-bond acceptors (Lipinski definition) is 4. The van der Waals surface area contributed by atoms with Gasteiger partial charge in [-0.3, -0.25) is 0 Å². The van der Waals surface area contributed by atoms with E-state index in [0.29, 0.717) is 19.0 Å². The smallest absolute Gasteiger partial charge is 0.337 e. The van der Waals surface area contributed by atoms with Gasteiger partial charge in [-0.05, 0) is 12.5 Å². The molecule has 0 amide bonds. The number of carboxylic acids is 1. The molecule has 17 heavy (non-hydrogen) atoms. The SMILES string of the molecule is O=C(O)c1cc(N2CCCOCC2)ncc1Cl. The lowest BCUT2D eigenvalue weighted by molar-refractivity contribution is 0.0697. The van der Waals surface area contributed by atoms with Gasteiger partial charge in [-0.2, -0.15) is 0 Å². The van der Waals surface area contributed by atoms with Crippen LogP contribution in [0.15, 0.2) is 12.3 Å². The third kappa shape index (κ3) is 2.87. The molecular formula is C11H13ClN2O3. The molecule has 0 unspecified atom stereocenters. The van der Waals surface area contributed by atoms with Gasteiger partial charge >= 0.3 is 5.97 Å². The molecule has 0 radical (unpaired) electrons. The summed E-state index contributed by atoms with van der Waals surface area (Å²) in [5.74, 6) is -0.401. The molecule has 5 nitrogen and oxygen atoms in total. The van der Waals surface area contributed by atoms with Crippen LogP contribution < -0.4 is 4.90 Å². The van der Waals surface area contributed by atoms with Crippen LogP contribution in [0.1, 0.15) is 16.8 Å². The maximum atomic E-state index is 11.0. The summed E-state index contributed by atoms with van der Waals surface area (Å²) in [6.45, 7) is 2.89. The van der Waals surface area contributed by atoms with E-state index in [0.717, 1.165) is 19.6 Å². The van der Waals surface area contributed by atoms with Crippen LogP contribution in [0.3, 0.4) is 0 Å². The van der Waals surface area contributed by atoms with E-state index in [-0.39, 0.29) is 10.6 Å². The van der Waals surface area contributed by atoms with Crippen molar-refractivity contribution in [2.75, 3.05) is 31.2 Å². The van der Waals surface area contributed by atoms with Crippen molar-refractivity contribution in [3.05, 3.63) is 22.8 Å². The zero-order valence-corrected chi connectivity index (χ0v) is 9.98. The number of hydrogen-bond donors (Lipinski definition) is 1. The fourth-order valence-electron chi connectivity index (χ4n) is 1.74. The van der Waals surface area contributed by atoms with E-state index < -0.39 is 5.97 Å². The number of anilines is 1. The van der Waals surface area contributed by atoms with Crippen molar-refractivity contribution in [3.8, 4) is 0 Å². The van der Waals surface area contributed by atoms with Crippen molar-refractivity contribution < 1.29 is 14.6 Å². The summed E-state index contributed by atoms with van der Waals surface area (Å²) in [7, 11) is 0. The van der Waals surface area contributed by atoms with Gasteiger partial charge in [0.25, 0.3) is 0 Å². The molecule has 2 rings (SSSR count). The van der Waals surface area contributed by atoms with Gasteiger partial charge in [-0.15, -0.1) is 0 Å². The van der Waals surface area contributed by atoms with Crippen LogP contribution >= 0.6 is 11.6 Å². The van der Waals surface area contributed by atoms with Gasteiger partial charge in [0.15, 0.2) is 0 Å². The molecule has 0 aromatic carbocycles. The van der Waals surface area contributed by atoms with E-state index in [1.807, 2.05) is 4.90 Å². The van der Waals surface area contributed by atoms with E-state index in [9.17, 15) is 4.79 Å². The highest BCUT2D eigenvalue weighted by molar-refractivity contribution is 6.33. The summed E-state index contributed by atoms with van der Waals surface area (Å²) in [6, 6.07) is 1.51. The maximum absolute atomic E-state index is 11.0. The van der Waals surface area contributed by atoms with Crippen molar-refractivity contribution in [3.63, 3.8) is 0 Å². The van der Waals surface area contributed by atoms with Gasteiger partial charge < -0.3 is 14.7 Å². The Morgan fingerprint density at radius 2 is 2.29 bits per heavy atom. The summed E-state index contributed by atoms with van der Waals surface area (Å²) in [6.07, 6.45) is 2.29.